The number of amides is 2. The molecule has 2 rings (SSSR count). The van der Waals surface area contributed by atoms with Gasteiger partial charge in [0.25, 0.3) is 0 Å². The number of hydrogen-bond acceptors (Lipinski definition) is 6. The van der Waals surface area contributed by atoms with Gasteiger partial charge >= 0.3 is 0 Å². The van der Waals surface area contributed by atoms with E-state index in [1.54, 1.807) is 13.0 Å². The quantitative estimate of drug-likeness (QED) is 0.708. The molecule has 1 fully saturated rings. The monoisotopic (exact) mass is 365 g/mol. The molecule has 0 aromatic carbocycles. The van der Waals surface area contributed by atoms with Gasteiger partial charge in [-0.05, 0) is 19.8 Å². The molecule has 146 valence electrons. The van der Waals surface area contributed by atoms with Gasteiger partial charge in [0, 0.05) is 45.3 Å². The average Bonchev–Trinajstić information content (AvgIpc) is 3.01. The van der Waals surface area contributed by atoms with Crippen LogP contribution in [0.5, 0.6) is 0 Å². The molecule has 8 heteroatoms. The highest BCUT2D eigenvalue weighted by molar-refractivity contribution is 5.91. The first-order valence-electron chi connectivity index (χ1n) is 9.47. The van der Waals surface area contributed by atoms with Gasteiger partial charge in [0.2, 0.25) is 11.8 Å². The van der Waals surface area contributed by atoms with Crippen LogP contribution in [-0.4, -0.2) is 84.0 Å². The molecule has 2 amide bonds. The lowest BCUT2D eigenvalue weighted by Crippen LogP contribution is -2.51. The van der Waals surface area contributed by atoms with Gasteiger partial charge in [-0.15, -0.1) is 0 Å². The molecule has 1 aromatic rings. The summed E-state index contributed by atoms with van der Waals surface area (Å²) in [6.07, 6.45) is 1.97. The number of rotatable bonds is 9. The molecule has 0 aliphatic carbocycles. The van der Waals surface area contributed by atoms with Crippen molar-refractivity contribution in [2.24, 2.45) is 0 Å². The lowest BCUT2D eigenvalue weighted by Gasteiger charge is -2.35. The number of carbonyl (C=O) groups is 2. The first-order valence-corrected chi connectivity index (χ1v) is 9.47. The van der Waals surface area contributed by atoms with Crippen LogP contribution in [0.3, 0.4) is 0 Å². The molecule has 26 heavy (non-hydrogen) atoms. The molecule has 1 aromatic heterocycles. The highest BCUT2D eigenvalue weighted by Crippen LogP contribution is 2.08. The Morgan fingerprint density at radius 3 is 2.19 bits per heavy atom. The van der Waals surface area contributed by atoms with Crippen LogP contribution in [0.15, 0.2) is 10.6 Å². The highest BCUT2D eigenvalue weighted by Gasteiger charge is 2.22. The number of anilines is 1. The van der Waals surface area contributed by atoms with Crippen molar-refractivity contribution in [1.29, 1.82) is 0 Å². The van der Waals surface area contributed by atoms with E-state index in [4.69, 9.17) is 4.52 Å². The van der Waals surface area contributed by atoms with Crippen LogP contribution in [0.4, 0.5) is 5.82 Å². The number of carbonyl (C=O) groups excluding carboxylic acids is 2. The molecule has 0 spiro atoms. The first kappa shape index (κ1) is 20.4. The van der Waals surface area contributed by atoms with Crippen molar-refractivity contribution in [2.75, 3.05) is 57.7 Å². The van der Waals surface area contributed by atoms with Crippen LogP contribution >= 0.6 is 0 Å². The van der Waals surface area contributed by atoms with Crippen LogP contribution in [-0.2, 0) is 9.59 Å². The molecule has 1 N–H and O–H groups in total. The van der Waals surface area contributed by atoms with E-state index in [0.29, 0.717) is 24.7 Å². The minimum absolute atomic E-state index is 0.0973. The topological polar surface area (TPSA) is 81.9 Å². The third-order valence-electron chi connectivity index (χ3n) is 4.43. The van der Waals surface area contributed by atoms with E-state index in [0.717, 1.165) is 52.1 Å². The lowest BCUT2D eigenvalue weighted by molar-refractivity contribution is -0.133. The standard InChI is InChI=1S/C18H31N5O3/c1-4-6-23(7-5-2)18(25)14-22-10-8-21(9-11-22)13-17(24)19-16-12-15(3)26-20-16/h12H,4-11,13-14H2,1-3H3,(H,19,20,24). The Bertz CT molecular complexity index is 575. The van der Waals surface area contributed by atoms with Gasteiger partial charge in [0.15, 0.2) is 5.82 Å². The predicted molar refractivity (Wildman–Crippen MR) is 99.9 cm³/mol. The molecule has 0 saturated carbocycles. The summed E-state index contributed by atoms with van der Waals surface area (Å²) < 4.78 is 4.94. The summed E-state index contributed by atoms with van der Waals surface area (Å²) in [6.45, 7) is 11.6. The van der Waals surface area contributed by atoms with Crippen molar-refractivity contribution in [2.45, 2.75) is 33.6 Å². The van der Waals surface area contributed by atoms with Gasteiger partial charge < -0.3 is 14.7 Å². The van der Waals surface area contributed by atoms with Crippen molar-refractivity contribution < 1.29 is 14.1 Å². The van der Waals surface area contributed by atoms with Crippen LogP contribution in [0, 0.1) is 6.92 Å². The van der Waals surface area contributed by atoms with E-state index in [1.165, 1.54) is 0 Å². The first-order chi connectivity index (χ1) is 12.5. The second-order valence-electron chi connectivity index (χ2n) is 6.80. The summed E-state index contributed by atoms with van der Waals surface area (Å²) in [4.78, 5) is 30.8. The Morgan fingerprint density at radius 2 is 1.69 bits per heavy atom. The van der Waals surface area contributed by atoms with E-state index >= 15 is 0 Å². The summed E-state index contributed by atoms with van der Waals surface area (Å²) in [6, 6.07) is 1.69. The van der Waals surface area contributed by atoms with Gasteiger partial charge in [0.1, 0.15) is 5.76 Å². The van der Waals surface area contributed by atoms with Crippen molar-refractivity contribution in [1.82, 2.24) is 19.9 Å². The van der Waals surface area contributed by atoms with Gasteiger partial charge in [-0.3, -0.25) is 19.4 Å². The average molecular weight is 365 g/mol. The number of piperazine rings is 1. The van der Waals surface area contributed by atoms with Crippen LogP contribution < -0.4 is 5.32 Å². The third kappa shape index (κ3) is 6.42. The minimum atomic E-state index is -0.0973. The molecule has 1 aliphatic rings. The summed E-state index contributed by atoms with van der Waals surface area (Å²) in [5, 5.41) is 6.50. The Hall–Kier alpha value is -1.93. The molecule has 0 bridgehead atoms. The van der Waals surface area contributed by atoms with Gasteiger partial charge in [-0.2, -0.15) is 0 Å². The zero-order valence-electron chi connectivity index (χ0n) is 16.2. The number of nitrogens with one attached hydrogen (secondary N) is 1. The Labute approximate surface area is 155 Å². The SMILES string of the molecule is CCCN(CCC)C(=O)CN1CCN(CC(=O)Nc2cc(C)on2)CC1. The Balaban J connectivity index is 1.71. The fraction of sp³-hybridized carbons (Fsp3) is 0.722. The molecule has 0 atom stereocenters. The maximum Gasteiger partial charge on any atom is 0.239 e. The fourth-order valence-electron chi connectivity index (χ4n) is 3.11. The van der Waals surface area contributed by atoms with Crippen LogP contribution in [0.2, 0.25) is 0 Å². The summed E-state index contributed by atoms with van der Waals surface area (Å²) in [5.41, 5.74) is 0. The molecule has 1 saturated heterocycles. The fourth-order valence-corrected chi connectivity index (χ4v) is 3.11. The van der Waals surface area contributed by atoms with Gasteiger partial charge in [-0.1, -0.05) is 19.0 Å². The summed E-state index contributed by atoms with van der Waals surface area (Å²) in [5.74, 6) is 1.23. The molecule has 2 heterocycles. The van der Waals surface area contributed by atoms with Crippen LogP contribution in [0.25, 0.3) is 0 Å². The van der Waals surface area contributed by atoms with Crippen molar-refractivity contribution >= 4 is 17.6 Å². The molecular weight excluding hydrogens is 334 g/mol. The molecule has 1 aliphatic heterocycles. The van der Waals surface area contributed by atoms with E-state index in [2.05, 4.69) is 34.1 Å². The largest absolute Gasteiger partial charge is 0.360 e. The normalized spacial score (nSPS) is 15.8. The van der Waals surface area contributed by atoms with E-state index in [9.17, 15) is 9.59 Å². The van der Waals surface area contributed by atoms with Crippen LogP contribution in [0.1, 0.15) is 32.4 Å². The zero-order chi connectivity index (χ0) is 18.9. The lowest BCUT2D eigenvalue weighted by atomic mass is 10.3. The Kier molecular flexibility index (Phi) is 8.06. The summed E-state index contributed by atoms with van der Waals surface area (Å²) in [7, 11) is 0. The number of aromatic nitrogens is 1. The van der Waals surface area contributed by atoms with Crippen molar-refractivity contribution in [3.63, 3.8) is 0 Å². The second-order valence-corrected chi connectivity index (χ2v) is 6.80. The predicted octanol–water partition coefficient (Wildman–Crippen LogP) is 1.19. The maximum absolute atomic E-state index is 12.4. The number of hydrogen-bond donors (Lipinski definition) is 1. The van der Waals surface area contributed by atoms with Gasteiger partial charge in [0.05, 0.1) is 13.1 Å². The zero-order valence-corrected chi connectivity index (χ0v) is 16.2. The smallest absolute Gasteiger partial charge is 0.239 e. The maximum atomic E-state index is 12.4. The van der Waals surface area contributed by atoms with E-state index in [-0.39, 0.29) is 11.8 Å². The minimum Gasteiger partial charge on any atom is -0.360 e. The molecule has 8 nitrogen and oxygen atoms in total. The van der Waals surface area contributed by atoms with E-state index in [1.807, 2.05) is 4.90 Å². The molecule has 0 unspecified atom stereocenters. The number of nitrogens with zero attached hydrogens (tertiary/aromatic N) is 4. The second kappa shape index (κ2) is 10.3. The highest BCUT2D eigenvalue weighted by atomic mass is 16.5. The number of aryl methyl sites for hydroxylation is 1. The third-order valence-corrected chi connectivity index (χ3v) is 4.43. The Morgan fingerprint density at radius 1 is 1.12 bits per heavy atom. The molecular formula is C18H31N5O3. The van der Waals surface area contributed by atoms with Gasteiger partial charge in [-0.25, -0.2) is 0 Å². The van der Waals surface area contributed by atoms with Crippen molar-refractivity contribution in [3.8, 4) is 0 Å². The van der Waals surface area contributed by atoms with E-state index < -0.39 is 0 Å². The molecule has 0 radical (unpaired) electrons. The summed E-state index contributed by atoms with van der Waals surface area (Å²) >= 11 is 0. The van der Waals surface area contributed by atoms with Crippen molar-refractivity contribution in [3.05, 3.63) is 11.8 Å².